The van der Waals surface area contributed by atoms with Gasteiger partial charge >= 0.3 is 6.09 Å². The van der Waals surface area contributed by atoms with Crippen LogP contribution in [0.2, 0.25) is 0 Å². The van der Waals surface area contributed by atoms with Crippen LogP contribution in [0, 0.1) is 0 Å². The average molecular weight is 427 g/mol. The number of alkyl carbamates (subject to hydrolysis) is 1. The average Bonchev–Trinajstić information content (AvgIpc) is 2.80. The van der Waals surface area contributed by atoms with Gasteiger partial charge in [0.15, 0.2) is 0 Å². The number of nitrogens with zero attached hydrogens (tertiary/aromatic N) is 2. The molecule has 0 bridgehead atoms. The fraction of sp³-hybridized carbons (Fsp3) is 0.435. The Morgan fingerprint density at radius 3 is 2.74 bits per heavy atom. The number of rotatable bonds is 9. The Bertz CT molecular complexity index is 829. The minimum Gasteiger partial charge on any atom is -0.445 e. The second kappa shape index (κ2) is 11.9. The molecule has 2 N–H and O–H groups in total. The van der Waals surface area contributed by atoms with Crippen LogP contribution in [0.3, 0.4) is 0 Å². The van der Waals surface area contributed by atoms with Crippen molar-refractivity contribution in [3.8, 4) is 0 Å². The molecule has 1 unspecified atom stereocenters. The second-order valence-electron chi connectivity index (χ2n) is 7.52. The lowest BCUT2D eigenvalue weighted by atomic mass is 10.2. The van der Waals surface area contributed by atoms with Crippen LogP contribution in [-0.2, 0) is 27.4 Å². The highest BCUT2D eigenvalue weighted by molar-refractivity contribution is 5.76. The van der Waals surface area contributed by atoms with E-state index in [1.165, 1.54) is 0 Å². The Kier molecular flexibility index (Phi) is 8.66. The zero-order valence-corrected chi connectivity index (χ0v) is 17.9. The smallest absolute Gasteiger partial charge is 0.407 e. The summed E-state index contributed by atoms with van der Waals surface area (Å²) in [6, 6.07) is 13.4. The van der Waals surface area contributed by atoms with E-state index in [4.69, 9.17) is 9.47 Å². The van der Waals surface area contributed by atoms with Crippen molar-refractivity contribution < 1.29 is 19.1 Å². The maximum Gasteiger partial charge on any atom is 0.407 e. The monoisotopic (exact) mass is 426 g/mol. The van der Waals surface area contributed by atoms with Crippen molar-refractivity contribution >= 4 is 17.8 Å². The minimum atomic E-state index is -0.481. The molecule has 0 saturated carbocycles. The Balaban J connectivity index is 1.27. The van der Waals surface area contributed by atoms with Gasteiger partial charge in [0, 0.05) is 38.8 Å². The molecule has 1 aliphatic heterocycles. The lowest BCUT2D eigenvalue weighted by Crippen LogP contribution is -2.41. The van der Waals surface area contributed by atoms with E-state index in [9.17, 15) is 9.59 Å². The lowest BCUT2D eigenvalue weighted by Gasteiger charge is -2.32. The topological polar surface area (TPSA) is 92.8 Å². The van der Waals surface area contributed by atoms with Crippen LogP contribution in [0.15, 0.2) is 48.7 Å². The zero-order chi connectivity index (χ0) is 21.9. The Morgan fingerprint density at radius 1 is 1.16 bits per heavy atom. The van der Waals surface area contributed by atoms with Gasteiger partial charge in [-0.25, -0.2) is 9.78 Å². The molecule has 1 aromatic heterocycles. The van der Waals surface area contributed by atoms with Crippen molar-refractivity contribution in [2.75, 3.05) is 31.1 Å². The molecule has 1 atom stereocenters. The number of nitrogens with one attached hydrogen (secondary N) is 2. The largest absolute Gasteiger partial charge is 0.445 e. The van der Waals surface area contributed by atoms with Crippen molar-refractivity contribution in [2.45, 2.75) is 39.0 Å². The van der Waals surface area contributed by atoms with Crippen LogP contribution in [0.4, 0.5) is 10.6 Å². The number of hydrogen-bond acceptors (Lipinski definition) is 6. The number of benzene rings is 1. The molecule has 3 rings (SSSR count). The number of carbonyl (C=O) groups is 2. The van der Waals surface area contributed by atoms with E-state index in [1.54, 1.807) is 6.20 Å². The SMILES string of the molecule is CC1CN(c2ccc(CNC(=O)CCCNC(=O)OCc3ccccc3)cn2)CCO1. The van der Waals surface area contributed by atoms with E-state index in [2.05, 4.69) is 27.4 Å². The number of carbonyl (C=O) groups excluding carboxylic acids is 2. The Morgan fingerprint density at radius 2 is 2.00 bits per heavy atom. The number of ether oxygens (including phenoxy) is 2. The molecule has 31 heavy (non-hydrogen) atoms. The molecular weight excluding hydrogens is 396 g/mol. The van der Waals surface area contributed by atoms with Crippen molar-refractivity contribution in [3.63, 3.8) is 0 Å². The number of anilines is 1. The molecule has 0 aliphatic carbocycles. The summed E-state index contributed by atoms with van der Waals surface area (Å²) in [6.07, 6.45) is 2.38. The van der Waals surface area contributed by atoms with Gasteiger partial charge in [-0.05, 0) is 30.5 Å². The van der Waals surface area contributed by atoms with E-state index in [1.807, 2.05) is 42.5 Å². The van der Waals surface area contributed by atoms with Gasteiger partial charge in [0.1, 0.15) is 12.4 Å². The first-order chi connectivity index (χ1) is 15.1. The van der Waals surface area contributed by atoms with Gasteiger partial charge in [0.05, 0.1) is 12.7 Å². The molecule has 1 aliphatic rings. The van der Waals surface area contributed by atoms with Crippen LogP contribution >= 0.6 is 0 Å². The maximum atomic E-state index is 12.0. The van der Waals surface area contributed by atoms with Gasteiger partial charge in [-0.2, -0.15) is 0 Å². The third-order valence-electron chi connectivity index (χ3n) is 4.93. The number of hydrogen-bond donors (Lipinski definition) is 2. The van der Waals surface area contributed by atoms with E-state index in [-0.39, 0.29) is 18.6 Å². The maximum absolute atomic E-state index is 12.0. The quantitative estimate of drug-likeness (QED) is 0.599. The van der Waals surface area contributed by atoms with Crippen LogP contribution in [0.1, 0.15) is 30.9 Å². The van der Waals surface area contributed by atoms with Gasteiger partial charge in [-0.15, -0.1) is 0 Å². The molecule has 8 nitrogen and oxygen atoms in total. The predicted molar refractivity (Wildman–Crippen MR) is 118 cm³/mol. The van der Waals surface area contributed by atoms with Gasteiger partial charge in [0.2, 0.25) is 5.91 Å². The van der Waals surface area contributed by atoms with Gasteiger partial charge in [-0.3, -0.25) is 4.79 Å². The van der Waals surface area contributed by atoms with Crippen molar-refractivity contribution in [3.05, 3.63) is 59.8 Å². The molecule has 2 aromatic rings. The first-order valence-electron chi connectivity index (χ1n) is 10.6. The van der Waals surface area contributed by atoms with E-state index in [0.717, 1.165) is 30.0 Å². The van der Waals surface area contributed by atoms with Gasteiger partial charge in [0.25, 0.3) is 0 Å². The summed E-state index contributed by atoms with van der Waals surface area (Å²) in [7, 11) is 0. The summed E-state index contributed by atoms with van der Waals surface area (Å²) in [5.41, 5.74) is 1.88. The fourth-order valence-corrected chi connectivity index (χ4v) is 3.24. The minimum absolute atomic E-state index is 0.0643. The molecule has 8 heteroatoms. The molecule has 1 aromatic carbocycles. The standard InChI is InChI=1S/C23H30N4O4/c1-18-16-27(12-13-30-18)21-10-9-20(14-25-21)15-26-22(28)8-5-11-24-23(29)31-17-19-6-3-2-4-7-19/h2-4,6-7,9-10,14,18H,5,8,11-13,15-17H2,1H3,(H,24,29)(H,26,28). The number of amides is 2. The number of aromatic nitrogens is 1. The number of pyridine rings is 1. The van der Waals surface area contributed by atoms with Crippen molar-refractivity contribution in [1.29, 1.82) is 0 Å². The van der Waals surface area contributed by atoms with E-state index < -0.39 is 6.09 Å². The third-order valence-corrected chi connectivity index (χ3v) is 4.93. The molecule has 166 valence electrons. The molecule has 0 radical (unpaired) electrons. The summed E-state index contributed by atoms with van der Waals surface area (Å²) >= 11 is 0. The van der Waals surface area contributed by atoms with Gasteiger partial charge in [-0.1, -0.05) is 36.4 Å². The van der Waals surface area contributed by atoms with E-state index >= 15 is 0 Å². The Hall–Kier alpha value is -3.13. The van der Waals surface area contributed by atoms with Crippen molar-refractivity contribution in [1.82, 2.24) is 15.6 Å². The first-order valence-corrected chi connectivity index (χ1v) is 10.6. The molecule has 1 fully saturated rings. The molecule has 1 saturated heterocycles. The number of morpholine rings is 1. The molecule has 2 amide bonds. The fourth-order valence-electron chi connectivity index (χ4n) is 3.24. The first kappa shape index (κ1) is 22.6. The lowest BCUT2D eigenvalue weighted by molar-refractivity contribution is -0.121. The molecule has 0 spiro atoms. The highest BCUT2D eigenvalue weighted by Gasteiger charge is 2.17. The normalized spacial score (nSPS) is 15.9. The van der Waals surface area contributed by atoms with Crippen LogP contribution in [-0.4, -0.2) is 49.3 Å². The summed E-state index contributed by atoms with van der Waals surface area (Å²) in [5, 5.41) is 5.54. The summed E-state index contributed by atoms with van der Waals surface area (Å²) < 4.78 is 10.7. The van der Waals surface area contributed by atoms with E-state index in [0.29, 0.717) is 32.5 Å². The second-order valence-corrected chi connectivity index (χ2v) is 7.52. The Labute approximate surface area is 182 Å². The summed E-state index contributed by atoms with van der Waals surface area (Å²) in [5.74, 6) is 0.862. The summed E-state index contributed by atoms with van der Waals surface area (Å²) in [4.78, 5) is 30.4. The highest BCUT2D eigenvalue weighted by atomic mass is 16.5. The third kappa shape index (κ3) is 7.90. The van der Waals surface area contributed by atoms with Gasteiger partial charge < -0.3 is 25.0 Å². The molecular formula is C23H30N4O4. The highest BCUT2D eigenvalue weighted by Crippen LogP contribution is 2.15. The predicted octanol–water partition coefficient (Wildman–Crippen LogP) is 2.63. The zero-order valence-electron chi connectivity index (χ0n) is 17.9. The van der Waals surface area contributed by atoms with Crippen LogP contribution < -0.4 is 15.5 Å². The van der Waals surface area contributed by atoms with Crippen LogP contribution in [0.25, 0.3) is 0 Å². The molecule has 2 heterocycles. The summed E-state index contributed by atoms with van der Waals surface area (Å²) in [6.45, 7) is 5.47. The van der Waals surface area contributed by atoms with Crippen LogP contribution in [0.5, 0.6) is 0 Å². The van der Waals surface area contributed by atoms with Crippen molar-refractivity contribution in [2.24, 2.45) is 0 Å².